The molecule has 0 aliphatic rings. The average Bonchev–Trinajstić information content (AvgIpc) is 1.21. The summed E-state index contributed by atoms with van der Waals surface area (Å²) < 4.78 is 17.7. The molecule has 0 heterocycles. The van der Waals surface area contributed by atoms with Crippen LogP contribution in [0.15, 0.2) is 0 Å². The van der Waals surface area contributed by atoms with Gasteiger partial charge >= 0.3 is 0 Å². The Labute approximate surface area is 51.3 Å². The van der Waals surface area contributed by atoms with Gasteiger partial charge in [-0.15, -0.1) is 0 Å². The minimum absolute atomic E-state index is 0.380. The van der Waals surface area contributed by atoms with E-state index in [4.69, 9.17) is 4.78 Å². The second-order valence-corrected chi connectivity index (χ2v) is 4.91. The molecule has 1 atom stereocenters. The summed E-state index contributed by atoms with van der Waals surface area (Å²) in [6.07, 6.45) is 1.48. The van der Waals surface area contributed by atoms with E-state index in [1.165, 1.54) is 6.26 Å². The van der Waals surface area contributed by atoms with Gasteiger partial charge in [0, 0.05) is 21.7 Å². The van der Waals surface area contributed by atoms with Crippen molar-refractivity contribution < 1.29 is 4.21 Å². The first kappa shape index (κ1) is 7.95. The summed E-state index contributed by atoms with van der Waals surface area (Å²) in [4.78, 5) is 0. The lowest BCUT2D eigenvalue weighted by Crippen LogP contribution is -2.06. The molecule has 1 unspecified atom stereocenters. The molecule has 8 heavy (non-hydrogen) atoms. The molecule has 0 aromatic rings. The van der Waals surface area contributed by atoms with Crippen molar-refractivity contribution in [2.45, 2.75) is 13.8 Å². The number of nitrogens with one attached hydrogen (secondary N) is 1. The lowest BCUT2D eigenvalue weighted by atomic mass is 10.3. The summed E-state index contributed by atoms with van der Waals surface area (Å²) in [5, 5.41) is 0. The van der Waals surface area contributed by atoms with Gasteiger partial charge in [-0.25, -0.2) is 0 Å². The zero-order valence-electron chi connectivity index (χ0n) is 5.60. The molecule has 0 aromatic heterocycles. The van der Waals surface area contributed by atoms with Crippen molar-refractivity contribution in [3.8, 4) is 0 Å². The molecule has 0 saturated carbocycles. The molecule has 2 nitrogen and oxygen atoms in total. The minimum atomic E-state index is -2.22. The second-order valence-electron chi connectivity index (χ2n) is 2.57. The van der Waals surface area contributed by atoms with Crippen LogP contribution in [0.2, 0.25) is 0 Å². The van der Waals surface area contributed by atoms with Crippen LogP contribution in [0.1, 0.15) is 13.8 Å². The van der Waals surface area contributed by atoms with Crippen LogP contribution in [0.4, 0.5) is 0 Å². The Kier molecular flexibility index (Phi) is 2.47. The van der Waals surface area contributed by atoms with E-state index in [0.717, 1.165) is 0 Å². The molecule has 0 aliphatic heterocycles. The first-order valence-electron chi connectivity index (χ1n) is 2.63. The van der Waals surface area contributed by atoms with Crippen LogP contribution < -0.4 is 0 Å². The third kappa shape index (κ3) is 5.95. The van der Waals surface area contributed by atoms with Crippen LogP contribution in [-0.2, 0) is 9.73 Å². The van der Waals surface area contributed by atoms with Crippen molar-refractivity contribution in [2.24, 2.45) is 5.92 Å². The molecule has 0 fully saturated rings. The van der Waals surface area contributed by atoms with Crippen molar-refractivity contribution >= 4 is 9.73 Å². The maximum atomic E-state index is 10.7. The van der Waals surface area contributed by atoms with Crippen LogP contribution in [0.5, 0.6) is 0 Å². The predicted octanol–water partition coefficient (Wildman–Crippen LogP) is 1.32. The summed E-state index contributed by atoms with van der Waals surface area (Å²) >= 11 is 0. The van der Waals surface area contributed by atoms with Gasteiger partial charge < -0.3 is 0 Å². The summed E-state index contributed by atoms with van der Waals surface area (Å²) in [7, 11) is -2.22. The smallest absolute Gasteiger partial charge is 0.0414 e. The van der Waals surface area contributed by atoms with E-state index in [9.17, 15) is 4.21 Å². The van der Waals surface area contributed by atoms with Crippen LogP contribution in [0, 0.1) is 10.7 Å². The van der Waals surface area contributed by atoms with Gasteiger partial charge in [0.05, 0.1) is 0 Å². The van der Waals surface area contributed by atoms with Gasteiger partial charge in [-0.05, 0) is 5.92 Å². The topological polar surface area (TPSA) is 40.9 Å². The number of hydrogen-bond acceptors (Lipinski definition) is 2. The fraction of sp³-hybridized carbons (Fsp3) is 1.00. The molecule has 3 heteroatoms. The summed E-state index contributed by atoms with van der Waals surface area (Å²) in [5.41, 5.74) is 0. The highest BCUT2D eigenvalue weighted by Gasteiger charge is 1.99. The highest BCUT2D eigenvalue weighted by atomic mass is 32.2. The molecule has 0 saturated heterocycles. The first-order valence-corrected chi connectivity index (χ1v) is 4.77. The van der Waals surface area contributed by atoms with Gasteiger partial charge in [0.1, 0.15) is 0 Å². The molecule has 0 rings (SSSR count). The van der Waals surface area contributed by atoms with Crippen LogP contribution in [0.3, 0.4) is 0 Å². The largest absolute Gasteiger partial charge is 0.253 e. The zero-order valence-corrected chi connectivity index (χ0v) is 6.42. The Morgan fingerprint density at radius 2 is 2.00 bits per heavy atom. The minimum Gasteiger partial charge on any atom is -0.253 e. The molecule has 0 radical (unpaired) electrons. The normalized spacial score (nSPS) is 18.5. The maximum absolute atomic E-state index is 10.7. The Hall–Kier alpha value is -0.0500. The number of hydrogen-bond donors (Lipinski definition) is 1. The van der Waals surface area contributed by atoms with Crippen LogP contribution in [-0.4, -0.2) is 16.2 Å². The van der Waals surface area contributed by atoms with Gasteiger partial charge in [-0.1, -0.05) is 13.8 Å². The zero-order chi connectivity index (χ0) is 6.78. The summed E-state index contributed by atoms with van der Waals surface area (Å²) in [6.45, 7) is 3.94. The van der Waals surface area contributed by atoms with Gasteiger partial charge in [-0.3, -0.25) is 8.99 Å². The molecular formula is C5H13NOS. The van der Waals surface area contributed by atoms with E-state index < -0.39 is 9.73 Å². The van der Waals surface area contributed by atoms with Gasteiger partial charge in [-0.2, -0.15) is 0 Å². The van der Waals surface area contributed by atoms with Gasteiger partial charge in [0.15, 0.2) is 0 Å². The van der Waals surface area contributed by atoms with Crippen molar-refractivity contribution in [2.75, 3.05) is 12.0 Å². The van der Waals surface area contributed by atoms with Gasteiger partial charge in [0.25, 0.3) is 0 Å². The highest BCUT2D eigenvalue weighted by molar-refractivity contribution is 7.91. The fourth-order valence-corrected chi connectivity index (χ4v) is 1.91. The molecule has 1 N–H and O–H groups in total. The van der Waals surface area contributed by atoms with Crippen molar-refractivity contribution in [1.82, 2.24) is 0 Å². The molecule has 50 valence electrons. The standard InChI is InChI=1S/C5H13NOS/c1-5(2)4-8(3,6)7/h5-6H,4H2,1-3H3. The fourth-order valence-electron chi connectivity index (χ4n) is 0.636. The van der Waals surface area contributed by atoms with E-state index >= 15 is 0 Å². The SMILES string of the molecule is CC(C)CS(C)(=N)=O. The molecule has 0 spiro atoms. The van der Waals surface area contributed by atoms with E-state index in [1.54, 1.807) is 0 Å². The Morgan fingerprint density at radius 1 is 1.62 bits per heavy atom. The Bertz CT molecular complexity index is 146. The first-order chi connectivity index (χ1) is 3.42. The monoisotopic (exact) mass is 135 g/mol. The van der Waals surface area contributed by atoms with Crippen LogP contribution in [0.25, 0.3) is 0 Å². The summed E-state index contributed by atoms with van der Waals surface area (Å²) in [5.74, 6) is 0.900. The molecule has 0 amide bonds. The second kappa shape index (κ2) is 2.49. The van der Waals surface area contributed by atoms with Crippen LogP contribution >= 0.6 is 0 Å². The van der Waals surface area contributed by atoms with Gasteiger partial charge in [0.2, 0.25) is 0 Å². The van der Waals surface area contributed by atoms with Crippen molar-refractivity contribution in [3.63, 3.8) is 0 Å². The van der Waals surface area contributed by atoms with E-state index in [1.807, 2.05) is 13.8 Å². The number of rotatable bonds is 2. The van der Waals surface area contributed by atoms with Crippen molar-refractivity contribution in [3.05, 3.63) is 0 Å². The van der Waals surface area contributed by atoms with Crippen molar-refractivity contribution in [1.29, 1.82) is 4.78 Å². The van der Waals surface area contributed by atoms with E-state index in [2.05, 4.69) is 0 Å². The lowest BCUT2D eigenvalue weighted by molar-refractivity contribution is 0.660. The third-order valence-electron chi connectivity index (χ3n) is 0.651. The molecular weight excluding hydrogens is 122 g/mol. The molecule has 0 bridgehead atoms. The van der Waals surface area contributed by atoms with E-state index in [0.29, 0.717) is 11.7 Å². The summed E-state index contributed by atoms with van der Waals surface area (Å²) in [6, 6.07) is 0. The molecule has 0 aliphatic carbocycles. The predicted molar refractivity (Wildman–Crippen MR) is 36.5 cm³/mol. The average molecular weight is 135 g/mol. The maximum Gasteiger partial charge on any atom is 0.0414 e. The Morgan fingerprint density at radius 3 is 2.00 bits per heavy atom. The third-order valence-corrected chi connectivity index (χ3v) is 1.95. The Balaban J connectivity index is 3.75. The van der Waals surface area contributed by atoms with E-state index in [-0.39, 0.29) is 0 Å². The molecule has 0 aromatic carbocycles. The quantitative estimate of drug-likeness (QED) is 0.609. The highest BCUT2D eigenvalue weighted by Crippen LogP contribution is 1.96. The lowest BCUT2D eigenvalue weighted by Gasteiger charge is -2.01.